The number of allylic oxidation sites excluding steroid dienone is 5. The smallest absolute Gasteiger partial charge is 0.220 e. The Balaban J connectivity index is 2.27. The van der Waals surface area contributed by atoms with Gasteiger partial charge in [-0.25, -0.2) is 0 Å². The van der Waals surface area contributed by atoms with Gasteiger partial charge in [0.1, 0.15) is 24.4 Å². The lowest BCUT2D eigenvalue weighted by Crippen LogP contribution is -2.60. The molecule has 322 valence electrons. The molecular weight excluding hydrogens is 695 g/mol. The summed E-state index contributed by atoms with van der Waals surface area (Å²) in [6.07, 6.45) is 37.7. The normalized spacial score (nSPS) is 21.6. The molecule has 1 saturated heterocycles. The van der Waals surface area contributed by atoms with Crippen molar-refractivity contribution in [2.45, 2.75) is 236 Å². The van der Waals surface area contributed by atoms with E-state index in [0.717, 1.165) is 57.8 Å². The molecule has 0 aromatic rings. The Hall–Kier alpha value is -1.59. The first-order chi connectivity index (χ1) is 26.8. The Labute approximate surface area is 336 Å². The van der Waals surface area contributed by atoms with Crippen molar-refractivity contribution < 1.29 is 39.8 Å². The van der Waals surface area contributed by atoms with E-state index in [2.05, 4.69) is 43.5 Å². The van der Waals surface area contributed by atoms with E-state index in [1.807, 2.05) is 6.08 Å². The van der Waals surface area contributed by atoms with Crippen LogP contribution >= 0.6 is 0 Å². The molecule has 1 rings (SSSR count). The van der Waals surface area contributed by atoms with Crippen LogP contribution in [0.5, 0.6) is 0 Å². The minimum absolute atomic E-state index is 0.188. The van der Waals surface area contributed by atoms with Crippen LogP contribution in [0.15, 0.2) is 36.5 Å². The van der Waals surface area contributed by atoms with Gasteiger partial charge in [-0.3, -0.25) is 4.79 Å². The molecule has 1 aliphatic rings. The topological polar surface area (TPSA) is 149 Å². The van der Waals surface area contributed by atoms with Gasteiger partial charge in [-0.2, -0.15) is 0 Å². The van der Waals surface area contributed by atoms with E-state index < -0.39 is 49.5 Å². The van der Waals surface area contributed by atoms with Gasteiger partial charge in [0.15, 0.2) is 6.29 Å². The second kappa shape index (κ2) is 36.7. The number of carbonyl (C=O) groups is 1. The maximum absolute atomic E-state index is 12.9. The van der Waals surface area contributed by atoms with Crippen LogP contribution in [-0.4, -0.2) is 87.5 Å². The van der Waals surface area contributed by atoms with E-state index in [0.29, 0.717) is 6.42 Å². The Morgan fingerprint density at radius 2 is 1.07 bits per heavy atom. The van der Waals surface area contributed by atoms with Gasteiger partial charge in [0.05, 0.1) is 25.4 Å². The summed E-state index contributed by atoms with van der Waals surface area (Å²) >= 11 is 0. The number of nitrogens with one attached hydrogen (secondary N) is 1. The van der Waals surface area contributed by atoms with Crippen LogP contribution in [0.25, 0.3) is 0 Å². The Bertz CT molecular complexity index is 956. The molecule has 9 heteroatoms. The summed E-state index contributed by atoms with van der Waals surface area (Å²) in [6, 6.07) is -0.806. The van der Waals surface area contributed by atoms with Crippen molar-refractivity contribution in [1.29, 1.82) is 0 Å². The lowest BCUT2D eigenvalue weighted by atomic mass is 9.99. The maximum atomic E-state index is 12.9. The maximum Gasteiger partial charge on any atom is 0.220 e. The second-order valence-electron chi connectivity index (χ2n) is 15.8. The highest BCUT2D eigenvalue weighted by atomic mass is 16.7. The zero-order chi connectivity index (χ0) is 40.2. The van der Waals surface area contributed by atoms with Gasteiger partial charge in [0, 0.05) is 6.42 Å². The molecular formula is C46H85NO8. The molecule has 6 N–H and O–H groups in total. The molecule has 1 amide bonds. The van der Waals surface area contributed by atoms with E-state index in [9.17, 15) is 30.3 Å². The monoisotopic (exact) mass is 780 g/mol. The predicted molar refractivity (Wildman–Crippen MR) is 226 cm³/mol. The third kappa shape index (κ3) is 27.6. The van der Waals surface area contributed by atoms with Gasteiger partial charge in [0.2, 0.25) is 5.91 Å². The molecule has 7 unspecified atom stereocenters. The van der Waals surface area contributed by atoms with Gasteiger partial charge < -0.3 is 40.3 Å². The lowest BCUT2D eigenvalue weighted by Gasteiger charge is -2.40. The number of aliphatic hydroxyl groups excluding tert-OH is 5. The molecule has 1 fully saturated rings. The van der Waals surface area contributed by atoms with Crippen LogP contribution in [0, 0.1) is 0 Å². The number of rotatable bonds is 37. The highest BCUT2D eigenvalue weighted by molar-refractivity contribution is 5.76. The Kier molecular flexibility index (Phi) is 34.3. The van der Waals surface area contributed by atoms with Crippen molar-refractivity contribution >= 4 is 5.91 Å². The molecule has 0 aliphatic carbocycles. The molecule has 55 heavy (non-hydrogen) atoms. The molecule has 0 spiro atoms. The first-order valence-corrected chi connectivity index (χ1v) is 22.7. The number of ether oxygens (including phenoxy) is 2. The Morgan fingerprint density at radius 1 is 0.618 bits per heavy atom. The zero-order valence-electron chi connectivity index (χ0n) is 35.2. The van der Waals surface area contributed by atoms with E-state index in [1.165, 1.54) is 116 Å². The average molecular weight is 780 g/mol. The predicted octanol–water partition coefficient (Wildman–Crippen LogP) is 9.28. The molecule has 0 radical (unpaired) electrons. The zero-order valence-corrected chi connectivity index (χ0v) is 35.2. The Morgan fingerprint density at radius 3 is 1.56 bits per heavy atom. The second-order valence-corrected chi connectivity index (χ2v) is 15.8. The molecule has 1 heterocycles. The largest absolute Gasteiger partial charge is 0.394 e. The summed E-state index contributed by atoms with van der Waals surface area (Å²) in [6.45, 7) is 3.73. The van der Waals surface area contributed by atoms with Crippen molar-refractivity contribution in [3.05, 3.63) is 36.5 Å². The molecule has 7 atom stereocenters. The van der Waals surface area contributed by atoms with Gasteiger partial charge in [-0.05, 0) is 51.4 Å². The minimum Gasteiger partial charge on any atom is -0.394 e. The first kappa shape index (κ1) is 51.4. The molecule has 0 aromatic carbocycles. The summed E-state index contributed by atoms with van der Waals surface area (Å²) in [7, 11) is 0. The highest BCUT2D eigenvalue weighted by Crippen LogP contribution is 2.22. The van der Waals surface area contributed by atoms with Crippen LogP contribution in [0.3, 0.4) is 0 Å². The average Bonchev–Trinajstić information content (AvgIpc) is 3.18. The van der Waals surface area contributed by atoms with Crippen molar-refractivity contribution in [1.82, 2.24) is 5.32 Å². The molecule has 1 aliphatic heterocycles. The van der Waals surface area contributed by atoms with Crippen LogP contribution < -0.4 is 5.32 Å². The first-order valence-electron chi connectivity index (χ1n) is 22.7. The third-order valence-corrected chi connectivity index (χ3v) is 10.7. The summed E-state index contributed by atoms with van der Waals surface area (Å²) in [4.78, 5) is 12.9. The summed E-state index contributed by atoms with van der Waals surface area (Å²) in [5, 5.41) is 54.0. The molecule has 9 nitrogen and oxygen atoms in total. The van der Waals surface area contributed by atoms with Gasteiger partial charge in [0.25, 0.3) is 0 Å². The summed E-state index contributed by atoms with van der Waals surface area (Å²) in [5.41, 5.74) is 0. The van der Waals surface area contributed by atoms with Crippen molar-refractivity contribution in [3.8, 4) is 0 Å². The third-order valence-electron chi connectivity index (χ3n) is 10.7. The van der Waals surface area contributed by atoms with Crippen LogP contribution in [0.2, 0.25) is 0 Å². The summed E-state index contributed by atoms with van der Waals surface area (Å²) in [5.74, 6) is -0.188. The van der Waals surface area contributed by atoms with Crippen LogP contribution in [0.4, 0.5) is 0 Å². The molecule has 0 aromatic heterocycles. The fourth-order valence-corrected chi connectivity index (χ4v) is 7.01. The quantitative estimate of drug-likeness (QED) is 0.0270. The minimum atomic E-state index is -1.57. The standard InChI is InChI=1S/C46H85NO8/c1-3-5-7-9-11-13-14-15-16-17-18-19-20-21-22-23-24-25-26-28-30-32-34-36-42(50)47-39(40(49)35-33-31-29-27-12-10-8-6-4-2)38-54-46-45(53)44(52)43(51)41(37-48)55-46/h18-19,21-22,33,35,39-41,43-46,48-49,51-53H,3-17,20,23-32,34,36-38H2,1-2H3,(H,47,50)/b19-18-,22-21-,35-33+. The number of aliphatic hydroxyl groups is 5. The van der Waals surface area contributed by atoms with Gasteiger partial charge in [-0.1, -0.05) is 172 Å². The number of amides is 1. The van der Waals surface area contributed by atoms with E-state index in [1.54, 1.807) is 6.08 Å². The van der Waals surface area contributed by atoms with Gasteiger partial charge in [-0.15, -0.1) is 0 Å². The number of hydrogen-bond acceptors (Lipinski definition) is 8. The SMILES string of the molecule is CCCCCCCCC/C=C/C(O)C(COC1OC(CO)C(O)C(O)C1O)NC(=O)CCCCCCCCC/C=C\C/C=C\CCCCCCCCCCC. The van der Waals surface area contributed by atoms with E-state index in [-0.39, 0.29) is 12.5 Å². The number of unbranched alkanes of at least 4 members (excludes halogenated alkanes) is 23. The molecule has 0 saturated carbocycles. The van der Waals surface area contributed by atoms with Crippen LogP contribution in [0.1, 0.15) is 194 Å². The fraction of sp³-hybridized carbons (Fsp3) is 0.848. The van der Waals surface area contributed by atoms with E-state index >= 15 is 0 Å². The summed E-state index contributed by atoms with van der Waals surface area (Å²) < 4.78 is 11.2. The fourth-order valence-electron chi connectivity index (χ4n) is 7.01. The molecule has 0 bridgehead atoms. The number of hydrogen-bond donors (Lipinski definition) is 6. The van der Waals surface area contributed by atoms with Crippen molar-refractivity contribution in [2.75, 3.05) is 13.2 Å². The number of carbonyl (C=O) groups excluding carboxylic acids is 1. The van der Waals surface area contributed by atoms with E-state index in [4.69, 9.17) is 9.47 Å². The van der Waals surface area contributed by atoms with Crippen molar-refractivity contribution in [2.24, 2.45) is 0 Å². The highest BCUT2D eigenvalue weighted by Gasteiger charge is 2.44. The van der Waals surface area contributed by atoms with Crippen LogP contribution in [-0.2, 0) is 14.3 Å². The lowest BCUT2D eigenvalue weighted by molar-refractivity contribution is -0.302. The van der Waals surface area contributed by atoms with Gasteiger partial charge >= 0.3 is 0 Å². The van der Waals surface area contributed by atoms with Crippen molar-refractivity contribution in [3.63, 3.8) is 0 Å².